The van der Waals surface area contributed by atoms with Crippen LogP contribution in [0.25, 0.3) is 22.6 Å². The van der Waals surface area contributed by atoms with Gasteiger partial charge in [0.25, 0.3) is 0 Å². The van der Waals surface area contributed by atoms with Crippen LogP contribution in [0, 0.1) is 26.2 Å². The van der Waals surface area contributed by atoms with Crippen LogP contribution < -0.4 is 15.0 Å². The van der Waals surface area contributed by atoms with Crippen molar-refractivity contribution in [2.75, 3.05) is 51.3 Å². The lowest BCUT2D eigenvalue weighted by atomic mass is 9.72. The maximum Gasteiger partial charge on any atom is 0.410 e. The Balaban J connectivity index is 1.43. The van der Waals surface area contributed by atoms with E-state index in [9.17, 15) is 4.79 Å². The standard InChI is InChI=1S/C31H41ClN6O4/c1-19(2)41-30(39)37-13-10-31(11-14-37)17-38(18-31)29-20(3)27(26-21(4)36-42-22(26)5)34-28(35-29)24-16-23(8-9-25(24)32)40-15-7-12-33-6/h8-9,16,19,33H,7,10-15,17-18H2,1-6H3. The summed E-state index contributed by atoms with van der Waals surface area (Å²) in [5.41, 5.74) is 4.27. The molecule has 1 N–H and O–H groups in total. The van der Waals surface area contributed by atoms with Gasteiger partial charge in [-0.2, -0.15) is 0 Å². The number of piperidine rings is 1. The lowest BCUT2D eigenvalue weighted by molar-refractivity contribution is 0.0396. The molecule has 0 saturated carbocycles. The van der Waals surface area contributed by atoms with E-state index >= 15 is 0 Å². The maximum absolute atomic E-state index is 12.4. The zero-order valence-corrected chi connectivity index (χ0v) is 26.2. The fourth-order valence-electron chi connectivity index (χ4n) is 5.87. The molecule has 226 valence electrons. The van der Waals surface area contributed by atoms with Crippen LogP contribution in [0.15, 0.2) is 22.7 Å². The van der Waals surface area contributed by atoms with Crippen LogP contribution >= 0.6 is 11.6 Å². The van der Waals surface area contributed by atoms with Crippen LogP contribution in [0.4, 0.5) is 10.6 Å². The highest BCUT2D eigenvalue weighted by Crippen LogP contribution is 2.45. The second kappa shape index (κ2) is 12.5. The summed E-state index contributed by atoms with van der Waals surface area (Å²) >= 11 is 6.73. The molecule has 5 rings (SSSR count). The topological polar surface area (TPSA) is 106 Å². The van der Waals surface area contributed by atoms with Crippen molar-refractivity contribution in [3.05, 3.63) is 40.2 Å². The molecule has 0 radical (unpaired) electrons. The van der Waals surface area contributed by atoms with Gasteiger partial charge in [-0.15, -0.1) is 0 Å². The Labute approximate surface area is 252 Å². The first-order valence-electron chi connectivity index (χ1n) is 14.7. The second-order valence-electron chi connectivity index (χ2n) is 11.8. The molecular formula is C31H41ClN6O4. The average molecular weight is 597 g/mol. The van der Waals surface area contributed by atoms with Crippen molar-refractivity contribution in [2.45, 2.75) is 60.0 Å². The molecule has 3 aromatic rings. The van der Waals surface area contributed by atoms with Gasteiger partial charge in [0.2, 0.25) is 0 Å². The molecule has 1 aromatic carbocycles. The third-order valence-corrected chi connectivity index (χ3v) is 8.51. The fourth-order valence-corrected chi connectivity index (χ4v) is 6.07. The molecule has 2 aromatic heterocycles. The number of nitrogens with one attached hydrogen (secondary N) is 1. The first-order chi connectivity index (χ1) is 20.1. The van der Waals surface area contributed by atoms with E-state index in [0.717, 1.165) is 73.0 Å². The molecule has 10 nitrogen and oxygen atoms in total. The number of aromatic nitrogens is 3. The lowest BCUT2D eigenvalue weighted by Gasteiger charge is -2.54. The number of halogens is 1. The Kier molecular flexibility index (Phi) is 8.94. The van der Waals surface area contributed by atoms with E-state index in [1.165, 1.54) is 0 Å². The van der Waals surface area contributed by atoms with Gasteiger partial charge in [-0.05, 0) is 85.7 Å². The van der Waals surface area contributed by atoms with Gasteiger partial charge in [-0.3, -0.25) is 0 Å². The van der Waals surface area contributed by atoms with Crippen molar-refractivity contribution in [3.63, 3.8) is 0 Å². The van der Waals surface area contributed by atoms with Gasteiger partial charge in [-0.25, -0.2) is 14.8 Å². The number of carbonyl (C=O) groups is 1. The minimum absolute atomic E-state index is 0.117. The minimum atomic E-state index is -0.221. The number of nitrogens with zero attached hydrogens (tertiary/aromatic N) is 5. The van der Waals surface area contributed by atoms with Crippen molar-refractivity contribution >= 4 is 23.5 Å². The zero-order valence-electron chi connectivity index (χ0n) is 25.4. The van der Waals surface area contributed by atoms with Crippen LogP contribution in [0.5, 0.6) is 5.75 Å². The number of anilines is 1. The number of carbonyl (C=O) groups excluding carboxylic acids is 1. The highest BCUT2D eigenvalue weighted by atomic mass is 35.5. The summed E-state index contributed by atoms with van der Waals surface area (Å²) in [4.78, 5) is 26.7. The molecule has 0 unspecified atom stereocenters. The Bertz CT molecular complexity index is 1410. The van der Waals surface area contributed by atoms with E-state index in [1.807, 2.05) is 57.8 Å². The van der Waals surface area contributed by atoms with E-state index < -0.39 is 0 Å². The number of hydrogen-bond donors (Lipinski definition) is 1. The quantitative estimate of drug-likeness (QED) is 0.306. The van der Waals surface area contributed by atoms with Crippen molar-refractivity contribution < 1.29 is 18.8 Å². The van der Waals surface area contributed by atoms with Gasteiger partial charge >= 0.3 is 6.09 Å². The van der Waals surface area contributed by atoms with Crippen molar-refractivity contribution in [3.8, 4) is 28.4 Å². The molecule has 0 bridgehead atoms. The Morgan fingerprint density at radius 1 is 1.17 bits per heavy atom. The number of benzene rings is 1. The summed E-state index contributed by atoms with van der Waals surface area (Å²) in [7, 11) is 1.93. The molecule has 0 atom stereocenters. The molecule has 4 heterocycles. The second-order valence-corrected chi connectivity index (χ2v) is 12.2. The van der Waals surface area contributed by atoms with E-state index in [2.05, 4.69) is 22.3 Å². The van der Waals surface area contributed by atoms with Crippen molar-refractivity contribution in [1.29, 1.82) is 0 Å². The summed E-state index contributed by atoms with van der Waals surface area (Å²) in [6, 6.07) is 5.62. The van der Waals surface area contributed by atoms with Crippen LogP contribution in [-0.4, -0.2) is 78.6 Å². The summed E-state index contributed by atoms with van der Waals surface area (Å²) < 4.78 is 16.9. The molecule has 2 aliphatic heterocycles. The third kappa shape index (κ3) is 6.20. The summed E-state index contributed by atoms with van der Waals surface area (Å²) in [5, 5.41) is 7.88. The first-order valence-corrected chi connectivity index (χ1v) is 15.1. The summed E-state index contributed by atoms with van der Waals surface area (Å²) in [5.74, 6) is 2.84. The van der Waals surface area contributed by atoms with E-state index in [0.29, 0.717) is 41.9 Å². The van der Waals surface area contributed by atoms with E-state index in [4.69, 9.17) is 35.6 Å². The van der Waals surface area contributed by atoms with Gasteiger partial charge in [0, 0.05) is 42.7 Å². The molecule has 1 spiro atoms. The number of rotatable bonds is 9. The molecule has 2 saturated heterocycles. The monoisotopic (exact) mass is 596 g/mol. The SMILES string of the molecule is CNCCCOc1ccc(Cl)c(-c2nc(-c3c(C)noc3C)c(C)c(N3CC4(CCN(C(=O)OC(C)C)CC4)C3)n2)c1. The third-order valence-electron chi connectivity index (χ3n) is 8.18. The van der Waals surface area contributed by atoms with E-state index in [1.54, 1.807) is 0 Å². The highest BCUT2D eigenvalue weighted by Gasteiger charge is 2.47. The number of amides is 1. The van der Waals surface area contributed by atoms with E-state index in [-0.39, 0.29) is 17.6 Å². The Morgan fingerprint density at radius 2 is 1.90 bits per heavy atom. The first kappa shape index (κ1) is 30.1. The number of hydrogen-bond acceptors (Lipinski definition) is 9. The molecule has 2 fully saturated rings. The number of likely N-dealkylation sites (tertiary alicyclic amines) is 1. The van der Waals surface area contributed by atoms with Crippen molar-refractivity contribution in [1.82, 2.24) is 25.3 Å². The predicted molar refractivity (Wildman–Crippen MR) is 163 cm³/mol. The highest BCUT2D eigenvalue weighted by molar-refractivity contribution is 6.33. The maximum atomic E-state index is 12.4. The molecule has 1 amide bonds. The van der Waals surface area contributed by atoms with Crippen LogP contribution in [0.3, 0.4) is 0 Å². The molecular weight excluding hydrogens is 556 g/mol. The van der Waals surface area contributed by atoms with Gasteiger partial charge in [0.1, 0.15) is 17.3 Å². The normalized spacial score (nSPS) is 16.2. The van der Waals surface area contributed by atoms with Gasteiger partial charge < -0.3 is 29.1 Å². The van der Waals surface area contributed by atoms with Gasteiger partial charge in [0.05, 0.1) is 34.7 Å². The zero-order chi connectivity index (χ0) is 30.0. The minimum Gasteiger partial charge on any atom is -0.494 e. The summed E-state index contributed by atoms with van der Waals surface area (Å²) in [6.07, 6.45) is 2.42. The van der Waals surface area contributed by atoms with Gasteiger partial charge in [0.15, 0.2) is 5.82 Å². The Morgan fingerprint density at radius 3 is 2.55 bits per heavy atom. The average Bonchev–Trinajstić information content (AvgIpc) is 3.28. The Hall–Kier alpha value is -3.37. The number of aryl methyl sites for hydroxylation is 2. The summed E-state index contributed by atoms with van der Waals surface area (Å²) in [6.45, 7) is 14.2. The lowest BCUT2D eigenvalue weighted by Crippen LogP contribution is -2.61. The van der Waals surface area contributed by atoms with Crippen molar-refractivity contribution in [2.24, 2.45) is 5.41 Å². The van der Waals surface area contributed by atoms with Gasteiger partial charge in [-0.1, -0.05) is 16.8 Å². The smallest absolute Gasteiger partial charge is 0.410 e. The molecule has 11 heteroatoms. The fraction of sp³-hybridized carbons (Fsp3) is 0.548. The predicted octanol–water partition coefficient (Wildman–Crippen LogP) is 5.81. The van der Waals surface area contributed by atoms with Crippen LogP contribution in [0.1, 0.15) is 50.1 Å². The largest absolute Gasteiger partial charge is 0.494 e. The van der Waals surface area contributed by atoms with Crippen LogP contribution in [-0.2, 0) is 4.74 Å². The van der Waals surface area contributed by atoms with Crippen LogP contribution in [0.2, 0.25) is 5.02 Å². The molecule has 0 aliphatic carbocycles. The molecule has 42 heavy (non-hydrogen) atoms. The number of ether oxygens (including phenoxy) is 2. The molecule has 2 aliphatic rings.